The number of furan rings is 1. The van der Waals surface area contributed by atoms with E-state index >= 15 is 0 Å². The van der Waals surface area contributed by atoms with Crippen molar-refractivity contribution in [1.82, 2.24) is 0 Å². The number of anilines is 1. The maximum atomic E-state index is 13.3. The van der Waals surface area contributed by atoms with Crippen LogP contribution in [0.4, 0.5) is 10.1 Å². The third kappa shape index (κ3) is 2.89. The van der Waals surface area contributed by atoms with Gasteiger partial charge in [-0.1, -0.05) is 11.6 Å². The maximum Gasteiger partial charge on any atom is 0.164 e. The van der Waals surface area contributed by atoms with Crippen LogP contribution in [0, 0.1) is 9.58 Å². The lowest BCUT2D eigenvalue weighted by atomic mass is 10.3. The first-order valence-electron chi connectivity index (χ1n) is 4.58. The summed E-state index contributed by atoms with van der Waals surface area (Å²) in [7, 11) is 0. The summed E-state index contributed by atoms with van der Waals surface area (Å²) >= 11 is 7.85. The Hall–Kier alpha value is -0.750. The summed E-state index contributed by atoms with van der Waals surface area (Å²) in [6.07, 6.45) is 0. The zero-order valence-corrected chi connectivity index (χ0v) is 11.0. The highest BCUT2D eigenvalue weighted by Crippen LogP contribution is 2.20. The molecule has 0 saturated carbocycles. The molecule has 0 bridgehead atoms. The number of halogens is 3. The summed E-state index contributed by atoms with van der Waals surface area (Å²) < 4.78 is 19.5. The Kier molecular flexibility index (Phi) is 3.70. The van der Waals surface area contributed by atoms with Crippen molar-refractivity contribution in [3.63, 3.8) is 0 Å². The van der Waals surface area contributed by atoms with Crippen molar-refractivity contribution in [2.75, 3.05) is 5.32 Å². The van der Waals surface area contributed by atoms with Crippen molar-refractivity contribution in [2.24, 2.45) is 0 Å². The lowest BCUT2D eigenvalue weighted by Gasteiger charge is -2.05. The van der Waals surface area contributed by atoms with E-state index in [0.29, 0.717) is 17.3 Å². The largest absolute Gasteiger partial charge is 0.454 e. The van der Waals surface area contributed by atoms with Gasteiger partial charge in [0.25, 0.3) is 0 Å². The Balaban J connectivity index is 2.07. The van der Waals surface area contributed by atoms with E-state index in [4.69, 9.17) is 16.0 Å². The summed E-state index contributed by atoms with van der Waals surface area (Å²) in [4.78, 5) is 0. The van der Waals surface area contributed by atoms with Crippen LogP contribution in [-0.4, -0.2) is 0 Å². The van der Waals surface area contributed by atoms with E-state index in [2.05, 4.69) is 27.9 Å². The summed E-state index contributed by atoms with van der Waals surface area (Å²) in [5, 5.41) is 3.42. The number of benzene rings is 1. The van der Waals surface area contributed by atoms with Gasteiger partial charge >= 0.3 is 0 Å². The molecule has 0 aliphatic rings. The molecule has 5 heteroatoms. The molecular formula is C11H8ClFINO. The van der Waals surface area contributed by atoms with Gasteiger partial charge in [0, 0.05) is 5.02 Å². The van der Waals surface area contributed by atoms with Gasteiger partial charge in [-0.15, -0.1) is 0 Å². The first-order valence-corrected chi connectivity index (χ1v) is 6.04. The van der Waals surface area contributed by atoms with Crippen molar-refractivity contribution in [3.8, 4) is 0 Å². The fourth-order valence-electron chi connectivity index (χ4n) is 1.26. The van der Waals surface area contributed by atoms with Crippen LogP contribution in [0.15, 0.2) is 34.7 Å². The molecule has 0 spiro atoms. The minimum Gasteiger partial charge on any atom is -0.454 e. The van der Waals surface area contributed by atoms with Crippen molar-refractivity contribution < 1.29 is 8.81 Å². The van der Waals surface area contributed by atoms with E-state index in [-0.39, 0.29) is 5.82 Å². The van der Waals surface area contributed by atoms with Gasteiger partial charge in [0.05, 0.1) is 12.2 Å². The van der Waals surface area contributed by atoms with Crippen LogP contribution in [0.2, 0.25) is 5.02 Å². The third-order valence-corrected chi connectivity index (χ3v) is 2.83. The second kappa shape index (κ2) is 5.05. The van der Waals surface area contributed by atoms with Crippen molar-refractivity contribution in [3.05, 3.63) is 50.7 Å². The summed E-state index contributed by atoms with van der Waals surface area (Å²) in [6.45, 7) is 0.431. The lowest BCUT2D eigenvalue weighted by Crippen LogP contribution is -2.00. The Morgan fingerprint density at radius 2 is 2.12 bits per heavy atom. The molecule has 1 aromatic carbocycles. The number of hydrogen-bond donors (Lipinski definition) is 1. The van der Waals surface area contributed by atoms with Crippen molar-refractivity contribution in [2.45, 2.75) is 6.54 Å². The van der Waals surface area contributed by atoms with Gasteiger partial charge in [0.2, 0.25) is 0 Å². The number of nitrogens with one attached hydrogen (secondary N) is 1. The molecule has 1 aromatic heterocycles. The molecule has 2 rings (SSSR count). The van der Waals surface area contributed by atoms with Gasteiger partial charge in [-0.25, -0.2) is 4.39 Å². The topological polar surface area (TPSA) is 25.2 Å². The molecule has 0 amide bonds. The minimum absolute atomic E-state index is 0.328. The molecule has 0 unspecified atom stereocenters. The fraction of sp³-hybridized carbons (Fsp3) is 0.0909. The molecule has 2 aromatic rings. The quantitative estimate of drug-likeness (QED) is 0.835. The SMILES string of the molecule is Fc1ccc(Cl)cc1NCc1ccc(I)o1. The smallest absolute Gasteiger partial charge is 0.164 e. The zero-order chi connectivity index (χ0) is 11.5. The molecule has 16 heavy (non-hydrogen) atoms. The van der Waals surface area contributed by atoms with Crippen molar-refractivity contribution in [1.29, 1.82) is 0 Å². The number of hydrogen-bond acceptors (Lipinski definition) is 2. The normalized spacial score (nSPS) is 10.4. The molecule has 0 fully saturated rings. The van der Waals surface area contributed by atoms with E-state index < -0.39 is 0 Å². The van der Waals surface area contributed by atoms with Gasteiger partial charge in [0.1, 0.15) is 11.6 Å². The van der Waals surface area contributed by atoms with Crippen LogP contribution in [0.25, 0.3) is 0 Å². The molecule has 0 atom stereocenters. The Morgan fingerprint density at radius 3 is 2.81 bits per heavy atom. The standard InChI is InChI=1S/C11H8ClFINO/c12-7-1-3-9(13)10(5-7)15-6-8-2-4-11(14)16-8/h1-5,15H,6H2. The van der Waals surface area contributed by atoms with Gasteiger partial charge in [0.15, 0.2) is 3.77 Å². The molecule has 0 aliphatic heterocycles. The summed E-state index contributed by atoms with van der Waals surface area (Å²) in [5.41, 5.74) is 0.374. The van der Waals surface area contributed by atoms with E-state index in [1.165, 1.54) is 12.1 Å². The Bertz CT molecular complexity index is 500. The van der Waals surface area contributed by atoms with E-state index in [1.807, 2.05) is 12.1 Å². The first-order chi connectivity index (χ1) is 7.65. The molecule has 1 heterocycles. The second-order valence-corrected chi connectivity index (χ2v) is 4.68. The third-order valence-electron chi connectivity index (χ3n) is 2.01. The van der Waals surface area contributed by atoms with Crippen LogP contribution in [-0.2, 0) is 6.54 Å². The van der Waals surface area contributed by atoms with E-state index in [9.17, 15) is 4.39 Å². The monoisotopic (exact) mass is 351 g/mol. The highest BCUT2D eigenvalue weighted by molar-refractivity contribution is 14.1. The molecule has 1 N–H and O–H groups in total. The van der Waals surface area contributed by atoms with Crippen molar-refractivity contribution >= 4 is 39.9 Å². The molecule has 2 nitrogen and oxygen atoms in total. The van der Waals surface area contributed by atoms with Gasteiger partial charge in [-0.05, 0) is 52.9 Å². The Morgan fingerprint density at radius 1 is 1.31 bits per heavy atom. The molecular weight excluding hydrogens is 343 g/mol. The lowest BCUT2D eigenvalue weighted by molar-refractivity contribution is 0.492. The fourth-order valence-corrected chi connectivity index (χ4v) is 1.90. The maximum absolute atomic E-state index is 13.3. The molecule has 84 valence electrons. The predicted molar refractivity (Wildman–Crippen MR) is 70.2 cm³/mol. The Labute approximate surface area is 111 Å². The summed E-state index contributed by atoms with van der Waals surface area (Å²) in [6, 6.07) is 8.09. The van der Waals surface area contributed by atoms with Crippen LogP contribution in [0.1, 0.15) is 5.76 Å². The average Bonchev–Trinajstić information content (AvgIpc) is 2.66. The van der Waals surface area contributed by atoms with E-state index in [0.717, 1.165) is 9.53 Å². The van der Waals surface area contributed by atoms with Crippen LogP contribution in [0.3, 0.4) is 0 Å². The predicted octanol–water partition coefficient (Wildman–Crippen LogP) is 4.29. The first kappa shape index (κ1) is 11.7. The zero-order valence-electron chi connectivity index (χ0n) is 8.14. The van der Waals surface area contributed by atoms with Crippen LogP contribution in [0.5, 0.6) is 0 Å². The molecule has 0 aliphatic carbocycles. The van der Waals surface area contributed by atoms with Gasteiger partial charge in [-0.2, -0.15) is 0 Å². The van der Waals surface area contributed by atoms with Crippen LogP contribution >= 0.6 is 34.2 Å². The highest BCUT2D eigenvalue weighted by atomic mass is 127. The van der Waals surface area contributed by atoms with Crippen LogP contribution < -0.4 is 5.32 Å². The van der Waals surface area contributed by atoms with Gasteiger partial charge < -0.3 is 9.73 Å². The van der Waals surface area contributed by atoms with E-state index in [1.54, 1.807) is 6.07 Å². The molecule has 0 radical (unpaired) electrons. The number of rotatable bonds is 3. The minimum atomic E-state index is -0.328. The molecule has 0 saturated heterocycles. The summed E-state index contributed by atoms with van der Waals surface area (Å²) in [5.74, 6) is 0.425. The average molecular weight is 352 g/mol. The highest BCUT2D eigenvalue weighted by Gasteiger charge is 2.04. The second-order valence-electron chi connectivity index (χ2n) is 3.18. The van der Waals surface area contributed by atoms with Gasteiger partial charge in [-0.3, -0.25) is 0 Å².